The average Bonchev–Trinajstić information content (AvgIpc) is 3.16. The van der Waals surface area contributed by atoms with E-state index >= 15 is 0 Å². The minimum atomic E-state index is -0.443. The quantitative estimate of drug-likeness (QED) is 0.701. The fourth-order valence-corrected chi connectivity index (χ4v) is 2.93. The molecule has 0 aromatic heterocycles. The van der Waals surface area contributed by atoms with Crippen molar-refractivity contribution >= 4 is 11.6 Å². The number of ether oxygens (including phenoxy) is 1. The van der Waals surface area contributed by atoms with Crippen molar-refractivity contribution < 1.29 is 18.8 Å². The minimum absolute atomic E-state index is 0.264. The number of hydrogen-bond acceptors (Lipinski definition) is 4. The molecule has 1 heterocycles. The Hall–Kier alpha value is -3.15. The number of halogens is 1. The van der Waals surface area contributed by atoms with Crippen molar-refractivity contribution in [1.29, 1.82) is 0 Å². The van der Waals surface area contributed by atoms with Crippen molar-refractivity contribution in [2.75, 3.05) is 20.2 Å². The summed E-state index contributed by atoms with van der Waals surface area (Å²) < 4.78 is 18.6. The third-order valence-electron chi connectivity index (χ3n) is 4.29. The van der Waals surface area contributed by atoms with Crippen LogP contribution in [0.25, 0.3) is 0 Å². The number of amides is 1. The van der Waals surface area contributed by atoms with Gasteiger partial charge in [0.25, 0.3) is 5.91 Å². The minimum Gasteiger partial charge on any atom is -0.497 e. The van der Waals surface area contributed by atoms with Crippen LogP contribution in [0.4, 0.5) is 4.39 Å². The number of rotatable bonds is 7. The van der Waals surface area contributed by atoms with Crippen molar-refractivity contribution in [1.82, 2.24) is 4.90 Å². The smallest absolute Gasteiger partial charge is 0.254 e. The van der Waals surface area contributed by atoms with Gasteiger partial charge in [-0.1, -0.05) is 17.3 Å². The second-order valence-electron chi connectivity index (χ2n) is 6.21. The first-order valence-corrected chi connectivity index (χ1v) is 8.63. The third-order valence-corrected chi connectivity index (χ3v) is 4.29. The first kappa shape index (κ1) is 18.6. The van der Waals surface area contributed by atoms with Crippen LogP contribution < -0.4 is 4.74 Å². The third kappa shape index (κ3) is 4.53. The molecule has 0 saturated heterocycles. The molecular formula is C21H21FN2O3. The van der Waals surface area contributed by atoms with E-state index in [-0.39, 0.29) is 12.0 Å². The molecule has 140 valence electrons. The van der Waals surface area contributed by atoms with Gasteiger partial charge < -0.3 is 14.5 Å². The number of benzene rings is 2. The Labute approximate surface area is 157 Å². The zero-order chi connectivity index (χ0) is 19.2. The molecule has 0 fully saturated rings. The summed E-state index contributed by atoms with van der Waals surface area (Å²) >= 11 is 0. The SMILES string of the molecule is C=CCN(C[C@@H]1CC(c2ccc(OC)cc2)=NO1)C(=O)c1cccc(F)c1. The number of nitrogens with zero attached hydrogens (tertiary/aromatic N) is 2. The van der Waals surface area contributed by atoms with E-state index in [1.165, 1.54) is 18.2 Å². The largest absolute Gasteiger partial charge is 0.497 e. The predicted molar refractivity (Wildman–Crippen MR) is 102 cm³/mol. The van der Waals surface area contributed by atoms with Gasteiger partial charge >= 0.3 is 0 Å². The molecule has 0 N–H and O–H groups in total. The second kappa shape index (κ2) is 8.49. The molecule has 6 heteroatoms. The van der Waals surface area contributed by atoms with Crippen molar-refractivity contribution in [2.24, 2.45) is 5.16 Å². The lowest BCUT2D eigenvalue weighted by molar-refractivity contribution is 0.0449. The Balaban J connectivity index is 1.65. The first-order valence-electron chi connectivity index (χ1n) is 8.63. The molecule has 3 rings (SSSR count). The number of hydrogen-bond donors (Lipinski definition) is 0. The molecule has 1 aliphatic heterocycles. The van der Waals surface area contributed by atoms with E-state index in [4.69, 9.17) is 9.57 Å². The molecule has 5 nitrogen and oxygen atoms in total. The lowest BCUT2D eigenvalue weighted by atomic mass is 10.0. The fourth-order valence-electron chi connectivity index (χ4n) is 2.93. The summed E-state index contributed by atoms with van der Waals surface area (Å²) in [6.45, 7) is 4.38. The normalized spacial score (nSPS) is 15.6. The zero-order valence-corrected chi connectivity index (χ0v) is 15.1. The summed E-state index contributed by atoms with van der Waals surface area (Å²) in [6.07, 6.45) is 1.95. The van der Waals surface area contributed by atoms with Gasteiger partial charge in [0.05, 0.1) is 19.4 Å². The highest BCUT2D eigenvalue weighted by atomic mass is 19.1. The van der Waals surface area contributed by atoms with Gasteiger partial charge in [-0.2, -0.15) is 0 Å². The Morgan fingerprint density at radius 3 is 2.81 bits per heavy atom. The molecule has 0 saturated carbocycles. The molecule has 0 unspecified atom stereocenters. The van der Waals surface area contributed by atoms with Crippen LogP contribution >= 0.6 is 0 Å². The topological polar surface area (TPSA) is 51.1 Å². The Morgan fingerprint density at radius 1 is 1.37 bits per heavy atom. The van der Waals surface area contributed by atoms with Crippen LogP contribution in [0.1, 0.15) is 22.3 Å². The Morgan fingerprint density at radius 2 is 2.15 bits per heavy atom. The molecule has 27 heavy (non-hydrogen) atoms. The highest BCUT2D eigenvalue weighted by Crippen LogP contribution is 2.20. The molecule has 0 bridgehead atoms. The maximum atomic E-state index is 13.4. The molecule has 1 aliphatic rings. The van der Waals surface area contributed by atoms with E-state index in [1.54, 1.807) is 24.2 Å². The second-order valence-corrected chi connectivity index (χ2v) is 6.21. The van der Waals surface area contributed by atoms with Crippen LogP contribution in [-0.4, -0.2) is 42.8 Å². The van der Waals surface area contributed by atoms with Gasteiger partial charge in [0.2, 0.25) is 0 Å². The molecule has 2 aromatic carbocycles. The van der Waals surface area contributed by atoms with Gasteiger partial charge in [-0.05, 0) is 48.0 Å². The van der Waals surface area contributed by atoms with Crippen LogP contribution in [0.3, 0.4) is 0 Å². The standard InChI is InChI=1S/C21H21FN2O3/c1-3-11-24(21(25)16-5-4-6-17(22)12-16)14-19-13-20(23-27-19)15-7-9-18(26-2)10-8-15/h3-10,12,19H,1,11,13-14H2,2H3/t19-/m0/s1. The van der Waals surface area contributed by atoms with Crippen LogP contribution in [0.15, 0.2) is 66.3 Å². The van der Waals surface area contributed by atoms with Crippen LogP contribution in [-0.2, 0) is 4.84 Å². The number of carbonyl (C=O) groups is 1. The van der Waals surface area contributed by atoms with E-state index < -0.39 is 5.82 Å². The van der Waals surface area contributed by atoms with E-state index in [2.05, 4.69) is 11.7 Å². The van der Waals surface area contributed by atoms with Gasteiger partial charge in [-0.15, -0.1) is 6.58 Å². The van der Waals surface area contributed by atoms with Crippen molar-refractivity contribution in [3.63, 3.8) is 0 Å². The van der Waals surface area contributed by atoms with Crippen molar-refractivity contribution in [3.05, 3.63) is 78.1 Å². The summed E-state index contributed by atoms with van der Waals surface area (Å²) in [5, 5.41) is 4.15. The van der Waals surface area contributed by atoms with Crippen LogP contribution in [0.5, 0.6) is 5.75 Å². The van der Waals surface area contributed by atoms with Crippen molar-refractivity contribution in [3.8, 4) is 5.75 Å². The summed E-state index contributed by atoms with van der Waals surface area (Å²) in [7, 11) is 1.62. The maximum absolute atomic E-state index is 13.4. The molecule has 2 aromatic rings. The summed E-state index contributed by atoms with van der Waals surface area (Å²) in [5.74, 6) is 0.0604. The van der Waals surface area contributed by atoms with Gasteiger partial charge in [0.15, 0.2) is 6.10 Å². The molecule has 1 amide bonds. The molecule has 0 aliphatic carbocycles. The molecule has 0 radical (unpaired) electrons. The molecule has 1 atom stereocenters. The van der Waals surface area contributed by atoms with Gasteiger partial charge in [0.1, 0.15) is 11.6 Å². The summed E-state index contributed by atoms with van der Waals surface area (Å²) in [4.78, 5) is 19.8. The summed E-state index contributed by atoms with van der Waals surface area (Å²) in [5.41, 5.74) is 2.07. The van der Waals surface area contributed by atoms with Gasteiger partial charge in [-0.25, -0.2) is 4.39 Å². The fraction of sp³-hybridized carbons (Fsp3) is 0.238. The average molecular weight is 368 g/mol. The van der Waals surface area contributed by atoms with E-state index in [1.807, 2.05) is 24.3 Å². The number of oxime groups is 1. The van der Waals surface area contributed by atoms with Crippen LogP contribution in [0, 0.1) is 5.82 Å². The lowest BCUT2D eigenvalue weighted by Crippen LogP contribution is -2.37. The number of methoxy groups -OCH3 is 1. The van der Waals surface area contributed by atoms with Crippen molar-refractivity contribution in [2.45, 2.75) is 12.5 Å². The lowest BCUT2D eigenvalue weighted by Gasteiger charge is -2.23. The van der Waals surface area contributed by atoms with E-state index in [0.29, 0.717) is 25.1 Å². The van der Waals surface area contributed by atoms with E-state index in [0.717, 1.165) is 17.0 Å². The maximum Gasteiger partial charge on any atom is 0.254 e. The van der Waals surface area contributed by atoms with Gasteiger partial charge in [-0.3, -0.25) is 4.79 Å². The monoisotopic (exact) mass is 368 g/mol. The predicted octanol–water partition coefficient (Wildman–Crippen LogP) is 3.66. The zero-order valence-electron chi connectivity index (χ0n) is 15.1. The Kier molecular flexibility index (Phi) is 5.86. The first-order chi connectivity index (χ1) is 13.1. The highest BCUT2D eigenvalue weighted by Gasteiger charge is 2.27. The molecule has 0 spiro atoms. The van der Waals surface area contributed by atoms with Crippen LogP contribution in [0.2, 0.25) is 0 Å². The van der Waals surface area contributed by atoms with Gasteiger partial charge in [0, 0.05) is 18.5 Å². The molecular weight excluding hydrogens is 347 g/mol. The van der Waals surface area contributed by atoms with E-state index in [9.17, 15) is 9.18 Å². The Bertz CT molecular complexity index is 849. The highest BCUT2D eigenvalue weighted by molar-refractivity contribution is 6.01. The summed E-state index contributed by atoms with van der Waals surface area (Å²) in [6, 6.07) is 13.2. The number of carbonyl (C=O) groups excluding carboxylic acids is 1.